The fourth-order valence-corrected chi connectivity index (χ4v) is 8.50. The van der Waals surface area contributed by atoms with Crippen LogP contribution < -0.4 is 18.9 Å². The zero-order valence-corrected chi connectivity index (χ0v) is 33.0. The SMILES string of the molecule is COc1ccc([C@H]2CC(=O)N(Cc3c(F)cccc3F)C2)cc1OC1CCCC1.COc1ccc([C@H]2CC(=O)N(Cc3cccc(F)c3F)C2)cc1OC1CCCC1. The number of carbonyl (C=O) groups excluding carboxylic acids is 2. The van der Waals surface area contributed by atoms with E-state index in [1.54, 1.807) is 19.1 Å². The summed E-state index contributed by atoms with van der Waals surface area (Å²) in [7, 11) is 3.23. The highest BCUT2D eigenvalue weighted by Crippen LogP contribution is 2.39. The lowest BCUT2D eigenvalue weighted by atomic mass is 9.98. The summed E-state index contributed by atoms with van der Waals surface area (Å²) in [5.41, 5.74) is 2.10. The van der Waals surface area contributed by atoms with Crippen LogP contribution in [-0.2, 0) is 22.7 Å². The third-order valence-corrected chi connectivity index (χ3v) is 11.7. The normalized spacial score (nSPS) is 19.8. The Labute approximate surface area is 337 Å². The highest BCUT2D eigenvalue weighted by atomic mass is 19.2. The second kappa shape index (κ2) is 18.6. The molecule has 0 bridgehead atoms. The van der Waals surface area contributed by atoms with Crippen LogP contribution in [0.4, 0.5) is 17.6 Å². The maximum Gasteiger partial charge on any atom is 0.223 e. The molecule has 8 nitrogen and oxygen atoms in total. The van der Waals surface area contributed by atoms with Gasteiger partial charge in [0.15, 0.2) is 34.6 Å². The summed E-state index contributed by atoms with van der Waals surface area (Å²) >= 11 is 0. The molecule has 2 amide bonds. The van der Waals surface area contributed by atoms with Crippen molar-refractivity contribution in [1.82, 2.24) is 9.80 Å². The van der Waals surface area contributed by atoms with Crippen LogP contribution in [0.5, 0.6) is 23.0 Å². The molecule has 308 valence electrons. The minimum atomic E-state index is -0.894. The molecule has 2 aliphatic heterocycles. The maximum atomic E-state index is 14.0. The molecule has 8 rings (SSSR count). The van der Waals surface area contributed by atoms with E-state index in [1.807, 2.05) is 36.4 Å². The van der Waals surface area contributed by atoms with Crippen LogP contribution in [0.2, 0.25) is 0 Å². The van der Waals surface area contributed by atoms with Crippen molar-refractivity contribution in [3.8, 4) is 23.0 Å². The molecular formula is C46H50F4N2O6. The Hall–Kier alpha value is -5.26. The van der Waals surface area contributed by atoms with Gasteiger partial charge in [-0.15, -0.1) is 0 Å². The van der Waals surface area contributed by atoms with E-state index < -0.39 is 23.3 Å². The van der Waals surface area contributed by atoms with E-state index >= 15 is 0 Å². The van der Waals surface area contributed by atoms with Gasteiger partial charge in [-0.05, 0) is 105 Å². The second-order valence-electron chi connectivity index (χ2n) is 15.6. The van der Waals surface area contributed by atoms with Gasteiger partial charge in [0.05, 0.1) is 33.0 Å². The van der Waals surface area contributed by atoms with Crippen molar-refractivity contribution in [2.45, 2.75) is 101 Å². The number of benzene rings is 4. The van der Waals surface area contributed by atoms with E-state index in [2.05, 4.69) is 0 Å². The van der Waals surface area contributed by atoms with Crippen LogP contribution in [0.25, 0.3) is 0 Å². The van der Waals surface area contributed by atoms with Gasteiger partial charge in [0, 0.05) is 55.4 Å². The molecule has 4 fully saturated rings. The Morgan fingerprint density at radius 3 is 1.50 bits per heavy atom. The summed E-state index contributed by atoms with van der Waals surface area (Å²) in [6.45, 7) is 0.891. The van der Waals surface area contributed by atoms with Crippen molar-refractivity contribution >= 4 is 11.8 Å². The molecule has 4 aromatic carbocycles. The van der Waals surface area contributed by atoms with Gasteiger partial charge < -0.3 is 28.7 Å². The average molecular weight is 803 g/mol. The maximum absolute atomic E-state index is 14.0. The standard InChI is InChI=1S/2C23H25F2NO3/c1-28-20-10-9-15(11-21(20)29-18-6-2-3-7-18)17-12-22(27)26(14-17)13-16-5-4-8-19(24)23(16)25;1-28-21-10-9-15(11-22(21)29-17-5-2-3-6-17)16-12-23(27)26(13-16)14-18-19(24)7-4-8-20(18)25/h4-5,8-11,17-18H,2-3,6-7,12-14H2,1H3;4,7-11,16-17H,2-3,5-6,12-14H2,1H3/t17-;16-/m00/s1. The molecule has 2 aliphatic carbocycles. The number of amides is 2. The van der Waals surface area contributed by atoms with Crippen molar-refractivity contribution < 1.29 is 46.1 Å². The molecule has 0 radical (unpaired) electrons. The van der Waals surface area contributed by atoms with Crippen LogP contribution in [0.15, 0.2) is 72.8 Å². The number of hydrogen-bond acceptors (Lipinski definition) is 6. The summed E-state index contributed by atoms with van der Waals surface area (Å²) < 4.78 is 78.6. The predicted molar refractivity (Wildman–Crippen MR) is 210 cm³/mol. The van der Waals surface area contributed by atoms with E-state index in [9.17, 15) is 27.2 Å². The third-order valence-electron chi connectivity index (χ3n) is 11.7. The van der Waals surface area contributed by atoms with E-state index in [-0.39, 0.29) is 60.1 Å². The first-order valence-corrected chi connectivity index (χ1v) is 20.2. The molecule has 0 spiro atoms. The number of methoxy groups -OCH3 is 2. The highest BCUT2D eigenvalue weighted by molar-refractivity contribution is 5.80. The van der Waals surface area contributed by atoms with Crippen LogP contribution >= 0.6 is 0 Å². The monoisotopic (exact) mass is 802 g/mol. The first kappa shape index (κ1) is 40.9. The Morgan fingerprint density at radius 2 is 1.02 bits per heavy atom. The lowest BCUT2D eigenvalue weighted by Gasteiger charge is -2.19. The Kier molecular flexibility index (Phi) is 13.1. The summed E-state index contributed by atoms with van der Waals surface area (Å²) in [5, 5.41) is 0. The topological polar surface area (TPSA) is 77.5 Å². The molecule has 2 saturated carbocycles. The number of hydrogen-bond donors (Lipinski definition) is 0. The van der Waals surface area contributed by atoms with E-state index in [0.717, 1.165) is 42.9 Å². The fourth-order valence-electron chi connectivity index (χ4n) is 8.50. The lowest BCUT2D eigenvalue weighted by molar-refractivity contribution is -0.129. The van der Waals surface area contributed by atoms with Crippen LogP contribution in [0.3, 0.4) is 0 Å². The van der Waals surface area contributed by atoms with Crippen LogP contribution in [0, 0.1) is 23.3 Å². The van der Waals surface area contributed by atoms with Crippen molar-refractivity contribution in [2.24, 2.45) is 0 Å². The van der Waals surface area contributed by atoms with Gasteiger partial charge in [-0.3, -0.25) is 9.59 Å². The minimum absolute atomic E-state index is 0.0176. The summed E-state index contributed by atoms with van der Waals surface area (Å²) in [6, 6.07) is 19.3. The van der Waals surface area contributed by atoms with Crippen molar-refractivity contribution in [1.29, 1.82) is 0 Å². The first-order valence-electron chi connectivity index (χ1n) is 20.2. The van der Waals surface area contributed by atoms with Crippen LogP contribution in [0.1, 0.15) is 98.3 Å². The van der Waals surface area contributed by atoms with Gasteiger partial charge >= 0.3 is 0 Å². The van der Waals surface area contributed by atoms with Crippen molar-refractivity contribution in [3.63, 3.8) is 0 Å². The average Bonchev–Trinajstić information content (AvgIpc) is 4.06. The molecule has 58 heavy (non-hydrogen) atoms. The molecule has 4 aromatic rings. The Balaban J connectivity index is 0.000000177. The summed E-state index contributed by atoms with van der Waals surface area (Å²) in [5.74, 6) is -0.503. The van der Waals surface area contributed by atoms with E-state index in [4.69, 9.17) is 18.9 Å². The van der Waals surface area contributed by atoms with Gasteiger partial charge in [0.1, 0.15) is 11.6 Å². The molecule has 0 N–H and O–H groups in total. The number of nitrogens with zero attached hydrogens (tertiary/aromatic N) is 2. The van der Waals surface area contributed by atoms with Gasteiger partial charge in [-0.25, -0.2) is 17.6 Å². The second-order valence-corrected chi connectivity index (χ2v) is 15.6. The van der Waals surface area contributed by atoms with Crippen molar-refractivity contribution in [2.75, 3.05) is 27.3 Å². The van der Waals surface area contributed by atoms with E-state index in [0.29, 0.717) is 48.9 Å². The first-order chi connectivity index (χ1) is 28.1. The smallest absolute Gasteiger partial charge is 0.223 e. The van der Waals surface area contributed by atoms with Crippen molar-refractivity contribution in [3.05, 3.63) is 118 Å². The zero-order chi connectivity index (χ0) is 40.8. The molecule has 2 saturated heterocycles. The molecule has 2 heterocycles. The van der Waals surface area contributed by atoms with Gasteiger partial charge in [0.25, 0.3) is 0 Å². The molecule has 2 atom stereocenters. The molecular weight excluding hydrogens is 753 g/mol. The fraction of sp³-hybridized carbons (Fsp3) is 0.435. The molecule has 0 aromatic heterocycles. The van der Waals surface area contributed by atoms with Gasteiger partial charge in [-0.1, -0.05) is 30.3 Å². The minimum Gasteiger partial charge on any atom is -0.493 e. The number of carbonyl (C=O) groups is 2. The van der Waals surface area contributed by atoms with Crippen LogP contribution in [-0.4, -0.2) is 61.1 Å². The molecule has 4 aliphatic rings. The largest absolute Gasteiger partial charge is 0.493 e. The molecule has 0 unspecified atom stereocenters. The Morgan fingerprint density at radius 1 is 0.569 bits per heavy atom. The zero-order valence-electron chi connectivity index (χ0n) is 33.0. The number of rotatable bonds is 12. The van der Waals surface area contributed by atoms with Gasteiger partial charge in [0.2, 0.25) is 11.8 Å². The van der Waals surface area contributed by atoms with E-state index in [1.165, 1.54) is 60.9 Å². The van der Waals surface area contributed by atoms with Gasteiger partial charge in [-0.2, -0.15) is 0 Å². The predicted octanol–water partition coefficient (Wildman–Crippen LogP) is 9.62. The summed E-state index contributed by atoms with van der Waals surface area (Å²) in [6.07, 6.45) is 9.92. The number of likely N-dealkylation sites (tertiary alicyclic amines) is 2. The Bertz CT molecular complexity index is 2070. The third kappa shape index (κ3) is 9.54. The number of ether oxygens (including phenoxy) is 4. The highest BCUT2D eigenvalue weighted by Gasteiger charge is 2.34. The molecule has 12 heteroatoms. The quantitative estimate of drug-likeness (QED) is 0.133. The summed E-state index contributed by atoms with van der Waals surface area (Å²) in [4.78, 5) is 28.1. The lowest BCUT2D eigenvalue weighted by Crippen LogP contribution is -2.25. The number of halogens is 4.